The highest BCUT2D eigenvalue weighted by atomic mass is 16.5. The van der Waals surface area contributed by atoms with Crippen molar-refractivity contribution in [2.24, 2.45) is 0 Å². The fourth-order valence-corrected chi connectivity index (χ4v) is 1.30. The fourth-order valence-electron chi connectivity index (χ4n) is 1.30. The third kappa shape index (κ3) is 1.82. The molecule has 0 saturated carbocycles. The minimum absolute atomic E-state index is 0.0843. The summed E-state index contributed by atoms with van der Waals surface area (Å²) < 4.78 is 6.63. The minimum Gasteiger partial charge on any atom is -0.497 e. The van der Waals surface area contributed by atoms with Gasteiger partial charge >= 0.3 is 0 Å². The summed E-state index contributed by atoms with van der Waals surface area (Å²) in [4.78, 5) is 0. The quantitative estimate of drug-likeness (QED) is 0.804. The monoisotopic (exact) mass is 205 g/mol. The molecule has 0 radical (unpaired) electrons. The summed E-state index contributed by atoms with van der Waals surface area (Å²) in [6.07, 6.45) is 1.53. The molecule has 0 saturated heterocycles. The minimum atomic E-state index is -0.0843. The first-order valence-electron chi connectivity index (χ1n) is 4.50. The number of nitrogens with zero attached hydrogens (tertiary/aromatic N) is 3. The van der Waals surface area contributed by atoms with E-state index in [2.05, 4.69) is 10.3 Å². The molecular weight excluding hydrogens is 194 g/mol. The van der Waals surface area contributed by atoms with E-state index in [1.54, 1.807) is 11.8 Å². The lowest BCUT2D eigenvalue weighted by Crippen LogP contribution is -2.01. The summed E-state index contributed by atoms with van der Waals surface area (Å²) in [7, 11) is 1.61. The first kappa shape index (κ1) is 9.67. The normalized spacial score (nSPS) is 10.3. The summed E-state index contributed by atoms with van der Waals surface area (Å²) in [5.74, 6) is 0.782. The van der Waals surface area contributed by atoms with Crippen molar-refractivity contribution < 1.29 is 9.84 Å². The molecule has 15 heavy (non-hydrogen) atoms. The Balaban J connectivity index is 2.37. The lowest BCUT2D eigenvalue weighted by atomic mass is 10.3. The number of benzene rings is 1. The Labute approximate surface area is 86.9 Å². The second kappa shape index (κ2) is 4.10. The van der Waals surface area contributed by atoms with Gasteiger partial charge in [0.15, 0.2) is 0 Å². The molecule has 0 amide bonds. The van der Waals surface area contributed by atoms with E-state index < -0.39 is 0 Å². The Morgan fingerprint density at radius 1 is 1.33 bits per heavy atom. The van der Waals surface area contributed by atoms with Gasteiger partial charge in [0.05, 0.1) is 31.3 Å². The van der Waals surface area contributed by atoms with Crippen LogP contribution in [0, 0.1) is 0 Å². The molecule has 2 aromatic rings. The maximum Gasteiger partial charge on any atom is 0.119 e. The zero-order chi connectivity index (χ0) is 10.7. The topological polar surface area (TPSA) is 60.2 Å². The van der Waals surface area contributed by atoms with Gasteiger partial charge in [-0.3, -0.25) is 0 Å². The van der Waals surface area contributed by atoms with Crippen molar-refractivity contribution >= 4 is 0 Å². The van der Waals surface area contributed by atoms with Gasteiger partial charge in [-0.15, -0.1) is 5.10 Å². The van der Waals surface area contributed by atoms with Crippen LogP contribution in [0.1, 0.15) is 5.69 Å². The maximum absolute atomic E-state index is 9.04. The van der Waals surface area contributed by atoms with Crippen molar-refractivity contribution in [3.8, 4) is 11.4 Å². The Hall–Kier alpha value is -1.88. The van der Waals surface area contributed by atoms with Crippen LogP contribution < -0.4 is 4.74 Å². The Morgan fingerprint density at radius 3 is 2.67 bits per heavy atom. The average molecular weight is 205 g/mol. The standard InChI is InChI=1S/C10H11N3O2/c1-15-10-4-2-8(3-5-10)13-9(7-14)6-11-12-13/h2-6,14H,7H2,1H3. The molecule has 1 N–H and O–H groups in total. The molecule has 0 aliphatic heterocycles. The first-order valence-corrected chi connectivity index (χ1v) is 4.50. The summed E-state index contributed by atoms with van der Waals surface area (Å²) in [5.41, 5.74) is 1.50. The summed E-state index contributed by atoms with van der Waals surface area (Å²) in [5, 5.41) is 16.7. The highest BCUT2D eigenvalue weighted by Gasteiger charge is 2.04. The van der Waals surface area contributed by atoms with Crippen LogP contribution >= 0.6 is 0 Å². The van der Waals surface area contributed by atoms with E-state index in [9.17, 15) is 0 Å². The lowest BCUT2D eigenvalue weighted by Gasteiger charge is -2.04. The number of aromatic nitrogens is 3. The van der Waals surface area contributed by atoms with Gasteiger partial charge in [-0.1, -0.05) is 5.21 Å². The number of aliphatic hydroxyl groups excluding tert-OH is 1. The van der Waals surface area contributed by atoms with E-state index in [4.69, 9.17) is 9.84 Å². The first-order chi connectivity index (χ1) is 7.35. The zero-order valence-electron chi connectivity index (χ0n) is 8.29. The van der Waals surface area contributed by atoms with Crippen molar-refractivity contribution in [3.63, 3.8) is 0 Å². The van der Waals surface area contributed by atoms with Gasteiger partial charge < -0.3 is 9.84 Å². The van der Waals surface area contributed by atoms with E-state index in [0.29, 0.717) is 5.69 Å². The molecular formula is C10H11N3O2. The molecule has 5 heteroatoms. The van der Waals surface area contributed by atoms with Crippen LogP contribution in [0.2, 0.25) is 0 Å². The van der Waals surface area contributed by atoms with Crippen molar-refractivity contribution in [2.45, 2.75) is 6.61 Å². The second-order valence-corrected chi connectivity index (χ2v) is 2.99. The van der Waals surface area contributed by atoms with Gasteiger partial charge in [-0.25, -0.2) is 4.68 Å². The number of rotatable bonds is 3. The van der Waals surface area contributed by atoms with E-state index in [1.165, 1.54) is 6.20 Å². The summed E-state index contributed by atoms with van der Waals surface area (Å²) >= 11 is 0. The second-order valence-electron chi connectivity index (χ2n) is 2.99. The molecule has 2 rings (SSSR count). The van der Waals surface area contributed by atoms with Crippen molar-refractivity contribution in [2.75, 3.05) is 7.11 Å². The van der Waals surface area contributed by atoms with Crippen molar-refractivity contribution in [1.29, 1.82) is 0 Å². The van der Waals surface area contributed by atoms with Gasteiger partial charge in [-0.2, -0.15) is 0 Å². The Kier molecular flexibility index (Phi) is 2.64. The predicted molar refractivity (Wildman–Crippen MR) is 53.8 cm³/mol. The van der Waals surface area contributed by atoms with Gasteiger partial charge in [0.25, 0.3) is 0 Å². The zero-order valence-corrected chi connectivity index (χ0v) is 8.29. The van der Waals surface area contributed by atoms with Gasteiger partial charge in [-0.05, 0) is 24.3 Å². The molecule has 0 aliphatic carbocycles. The van der Waals surface area contributed by atoms with Crippen LogP contribution in [0.3, 0.4) is 0 Å². The molecule has 0 unspecified atom stereocenters. The van der Waals surface area contributed by atoms with E-state index >= 15 is 0 Å². The van der Waals surface area contributed by atoms with E-state index in [0.717, 1.165) is 11.4 Å². The smallest absolute Gasteiger partial charge is 0.119 e. The summed E-state index contributed by atoms with van der Waals surface area (Å²) in [6.45, 7) is -0.0843. The van der Waals surface area contributed by atoms with Crippen LogP contribution in [0.5, 0.6) is 5.75 Å². The predicted octanol–water partition coefficient (Wildman–Crippen LogP) is 0.768. The van der Waals surface area contributed by atoms with Gasteiger partial charge in [0.2, 0.25) is 0 Å². The molecule has 1 aromatic carbocycles. The lowest BCUT2D eigenvalue weighted by molar-refractivity contribution is 0.273. The maximum atomic E-state index is 9.04. The molecule has 78 valence electrons. The highest BCUT2D eigenvalue weighted by molar-refractivity contribution is 5.37. The number of aliphatic hydroxyl groups is 1. The largest absolute Gasteiger partial charge is 0.497 e. The third-order valence-electron chi connectivity index (χ3n) is 2.10. The summed E-state index contributed by atoms with van der Waals surface area (Å²) in [6, 6.07) is 7.37. The molecule has 0 bridgehead atoms. The fraction of sp³-hybridized carbons (Fsp3) is 0.200. The molecule has 0 aliphatic rings. The Morgan fingerprint density at radius 2 is 2.07 bits per heavy atom. The number of ether oxygens (including phenoxy) is 1. The van der Waals surface area contributed by atoms with Gasteiger partial charge in [0, 0.05) is 0 Å². The molecule has 5 nitrogen and oxygen atoms in total. The van der Waals surface area contributed by atoms with Crippen LogP contribution in [0.25, 0.3) is 5.69 Å². The molecule has 1 aromatic heterocycles. The Bertz CT molecular complexity index is 436. The molecule has 0 spiro atoms. The van der Waals surface area contributed by atoms with Crippen LogP contribution in [-0.2, 0) is 6.61 Å². The van der Waals surface area contributed by atoms with Crippen LogP contribution in [0.15, 0.2) is 30.5 Å². The van der Waals surface area contributed by atoms with Crippen molar-refractivity contribution in [3.05, 3.63) is 36.2 Å². The number of hydrogen-bond donors (Lipinski definition) is 1. The molecule has 0 fully saturated rings. The molecule has 0 atom stereocenters. The SMILES string of the molecule is COc1ccc(-n2nncc2CO)cc1. The van der Waals surface area contributed by atoms with E-state index in [-0.39, 0.29) is 6.61 Å². The number of hydrogen-bond acceptors (Lipinski definition) is 4. The van der Waals surface area contributed by atoms with E-state index in [1.807, 2.05) is 24.3 Å². The third-order valence-corrected chi connectivity index (χ3v) is 2.10. The van der Waals surface area contributed by atoms with Crippen LogP contribution in [-0.4, -0.2) is 27.2 Å². The highest BCUT2D eigenvalue weighted by Crippen LogP contribution is 2.15. The number of methoxy groups -OCH3 is 1. The van der Waals surface area contributed by atoms with Crippen LogP contribution in [0.4, 0.5) is 0 Å². The molecule has 1 heterocycles. The van der Waals surface area contributed by atoms with Crippen molar-refractivity contribution in [1.82, 2.24) is 15.0 Å². The average Bonchev–Trinajstić information content (AvgIpc) is 2.77. The van der Waals surface area contributed by atoms with Gasteiger partial charge in [0.1, 0.15) is 5.75 Å².